The minimum absolute atomic E-state index is 0.237. The van der Waals surface area contributed by atoms with Gasteiger partial charge in [0.25, 0.3) is 0 Å². The quantitative estimate of drug-likeness (QED) is 0.818. The van der Waals surface area contributed by atoms with E-state index in [1.54, 1.807) is 26.2 Å². The van der Waals surface area contributed by atoms with Gasteiger partial charge in [-0.2, -0.15) is 0 Å². The second kappa shape index (κ2) is 7.17. The first kappa shape index (κ1) is 16.9. The van der Waals surface area contributed by atoms with E-state index in [2.05, 4.69) is 10.6 Å². The van der Waals surface area contributed by atoms with Crippen molar-refractivity contribution in [3.05, 3.63) is 41.1 Å². The fraction of sp³-hybridized carbons (Fsp3) is 0.412. The summed E-state index contributed by atoms with van der Waals surface area (Å²) in [6, 6.07) is 6.32. The number of amides is 2. The van der Waals surface area contributed by atoms with Crippen molar-refractivity contribution in [1.82, 2.24) is 10.6 Å². The molecule has 1 aliphatic rings. The van der Waals surface area contributed by atoms with Crippen molar-refractivity contribution in [3.8, 4) is 5.75 Å². The molecule has 0 saturated heterocycles. The Morgan fingerprint density at radius 2 is 2.09 bits per heavy atom. The van der Waals surface area contributed by atoms with Gasteiger partial charge in [-0.25, -0.2) is 9.59 Å². The molecule has 2 amide bonds. The maximum Gasteiger partial charge on any atom is 0.338 e. The van der Waals surface area contributed by atoms with Gasteiger partial charge < -0.3 is 20.1 Å². The number of ether oxygens (including phenoxy) is 2. The summed E-state index contributed by atoms with van der Waals surface area (Å²) in [4.78, 5) is 24.3. The molecular weight excluding hydrogens is 296 g/mol. The van der Waals surface area contributed by atoms with Crippen molar-refractivity contribution in [2.45, 2.75) is 26.8 Å². The summed E-state index contributed by atoms with van der Waals surface area (Å²) in [5, 5.41) is 5.39. The molecule has 2 rings (SSSR count). The van der Waals surface area contributed by atoms with E-state index in [0.717, 1.165) is 5.56 Å². The third-order valence-corrected chi connectivity index (χ3v) is 3.46. The minimum Gasteiger partial charge on any atom is -0.497 e. The molecule has 0 spiro atoms. The third kappa shape index (κ3) is 4.03. The van der Waals surface area contributed by atoms with Gasteiger partial charge in [0.05, 0.1) is 25.3 Å². The molecule has 0 radical (unpaired) electrons. The van der Waals surface area contributed by atoms with E-state index in [9.17, 15) is 9.59 Å². The normalized spacial score (nSPS) is 17.6. The van der Waals surface area contributed by atoms with Gasteiger partial charge in [-0.3, -0.25) is 0 Å². The van der Waals surface area contributed by atoms with Gasteiger partial charge in [0.15, 0.2) is 0 Å². The zero-order chi connectivity index (χ0) is 17.0. The molecule has 0 saturated carbocycles. The number of carbonyl (C=O) groups is 2. The molecule has 0 aliphatic carbocycles. The number of urea groups is 1. The van der Waals surface area contributed by atoms with Crippen LogP contribution in [0, 0.1) is 5.92 Å². The zero-order valence-corrected chi connectivity index (χ0v) is 13.8. The lowest BCUT2D eigenvalue weighted by atomic mass is 9.95. The number of carbonyl (C=O) groups excluding carboxylic acids is 2. The predicted octanol–water partition coefficient (Wildman–Crippen LogP) is 2.52. The Balaban J connectivity index is 2.35. The molecule has 0 aromatic heterocycles. The number of nitrogens with one attached hydrogen (secondary N) is 2. The van der Waals surface area contributed by atoms with Crippen LogP contribution in [0.25, 0.3) is 0 Å². The molecule has 124 valence electrons. The number of benzene rings is 1. The predicted molar refractivity (Wildman–Crippen MR) is 85.9 cm³/mol. The smallest absolute Gasteiger partial charge is 0.338 e. The first-order valence-electron chi connectivity index (χ1n) is 7.51. The molecule has 1 aromatic rings. The molecule has 1 aromatic carbocycles. The van der Waals surface area contributed by atoms with Crippen LogP contribution in [0.2, 0.25) is 0 Å². The first-order valence-corrected chi connectivity index (χ1v) is 7.51. The van der Waals surface area contributed by atoms with Crippen molar-refractivity contribution >= 4 is 12.0 Å². The summed E-state index contributed by atoms with van der Waals surface area (Å²) in [6.45, 7) is 5.95. The molecule has 0 fully saturated rings. The average Bonchev–Trinajstić information content (AvgIpc) is 2.52. The van der Waals surface area contributed by atoms with Crippen LogP contribution in [-0.4, -0.2) is 25.7 Å². The highest BCUT2D eigenvalue weighted by Crippen LogP contribution is 2.29. The maximum absolute atomic E-state index is 12.5. The lowest BCUT2D eigenvalue weighted by Gasteiger charge is -2.28. The average molecular weight is 318 g/mol. The third-order valence-electron chi connectivity index (χ3n) is 3.46. The fourth-order valence-corrected chi connectivity index (χ4v) is 2.36. The number of allylic oxidation sites excluding steroid dienone is 1. The van der Waals surface area contributed by atoms with E-state index in [4.69, 9.17) is 9.47 Å². The highest BCUT2D eigenvalue weighted by Gasteiger charge is 2.32. The van der Waals surface area contributed by atoms with Gasteiger partial charge in [-0.15, -0.1) is 0 Å². The molecule has 6 nitrogen and oxygen atoms in total. The van der Waals surface area contributed by atoms with Crippen molar-refractivity contribution in [1.29, 1.82) is 0 Å². The highest BCUT2D eigenvalue weighted by molar-refractivity contribution is 5.95. The van der Waals surface area contributed by atoms with Gasteiger partial charge >= 0.3 is 12.0 Å². The summed E-state index contributed by atoms with van der Waals surface area (Å²) in [5.41, 5.74) is 1.66. The topological polar surface area (TPSA) is 76.7 Å². The van der Waals surface area contributed by atoms with E-state index in [1.807, 2.05) is 26.0 Å². The molecule has 23 heavy (non-hydrogen) atoms. The SMILES string of the molecule is COc1cccc([C@H]2NC(=O)NC(C)=C2C(=O)OCC(C)C)c1. The van der Waals surface area contributed by atoms with Gasteiger partial charge in [-0.1, -0.05) is 26.0 Å². The van der Waals surface area contributed by atoms with E-state index >= 15 is 0 Å². The number of hydrogen-bond acceptors (Lipinski definition) is 4. The van der Waals surface area contributed by atoms with E-state index in [-0.39, 0.29) is 11.9 Å². The van der Waals surface area contributed by atoms with Crippen LogP contribution in [-0.2, 0) is 9.53 Å². The Morgan fingerprint density at radius 3 is 2.74 bits per heavy atom. The van der Waals surface area contributed by atoms with Crippen LogP contribution < -0.4 is 15.4 Å². The molecule has 0 bridgehead atoms. The van der Waals surface area contributed by atoms with Crippen LogP contribution in [0.4, 0.5) is 4.79 Å². The van der Waals surface area contributed by atoms with Crippen molar-refractivity contribution in [2.75, 3.05) is 13.7 Å². The summed E-state index contributed by atoms with van der Waals surface area (Å²) < 4.78 is 10.6. The molecule has 2 N–H and O–H groups in total. The van der Waals surface area contributed by atoms with Gasteiger partial charge in [0.1, 0.15) is 5.75 Å². The second-order valence-corrected chi connectivity index (χ2v) is 5.84. The summed E-state index contributed by atoms with van der Waals surface area (Å²) >= 11 is 0. The van der Waals surface area contributed by atoms with E-state index in [0.29, 0.717) is 23.6 Å². The van der Waals surface area contributed by atoms with Crippen LogP contribution >= 0.6 is 0 Å². The van der Waals surface area contributed by atoms with Gasteiger partial charge in [-0.05, 0) is 30.5 Å². The Kier molecular flexibility index (Phi) is 5.26. The largest absolute Gasteiger partial charge is 0.497 e. The lowest BCUT2D eigenvalue weighted by molar-refractivity contribution is -0.140. The zero-order valence-electron chi connectivity index (χ0n) is 13.8. The second-order valence-electron chi connectivity index (χ2n) is 5.84. The molecule has 1 heterocycles. The first-order chi connectivity index (χ1) is 10.9. The Morgan fingerprint density at radius 1 is 1.35 bits per heavy atom. The molecule has 6 heteroatoms. The number of methoxy groups -OCH3 is 1. The summed E-state index contributed by atoms with van der Waals surface area (Å²) in [6.07, 6.45) is 0. The van der Waals surface area contributed by atoms with Crippen LogP contribution in [0.1, 0.15) is 32.4 Å². The number of esters is 1. The van der Waals surface area contributed by atoms with E-state index < -0.39 is 12.0 Å². The fourth-order valence-electron chi connectivity index (χ4n) is 2.36. The minimum atomic E-state index is -0.571. The van der Waals surface area contributed by atoms with Crippen LogP contribution in [0.3, 0.4) is 0 Å². The monoisotopic (exact) mass is 318 g/mol. The molecule has 1 atom stereocenters. The number of hydrogen-bond donors (Lipinski definition) is 2. The maximum atomic E-state index is 12.5. The Labute approximate surface area is 135 Å². The van der Waals surface area contributed by atoms with Crippen molar-refractivity contribution < 1.29 is 19.1 Å². The lowest BCUT2D eigenvalue weighted by Crippen LogP contribution is -2.45. The Bertz CT molecular complexity index is 637. The van der Waals surface area contributed by atoms with Crippen molar-refractivity contribution in [3.63, 3.8) is 0 Å². The van der Waals surface area contributed by atoms with Gasteiger partial charge in [0, 0.05) is 5.70 Å². The van der Waals surface area contributed by atoms with Crippen LogP contribution in [0.15, 0.2) is 35.5 Å². The molecular formula is C17H22N2O4. The number of rotatable bonds is 5. The summed E-state index contributed by atoms with van der Waals surface area (Å²) in [5.74, 6) is 0.459. The summed E-state index contributed by atoms with van der Waals surface area (Å²) in [7, 11) is 1.57. The Hall–Kier alpha value is -2.50. The molecule has 0 unspecified atom stereocenters. The molecule has 1 aliphatic heterocycles. The van der Waals surface area contributed by atoms with Gasteiger partial charge in [0.2, 0.25) is 0 Å². The van der Waals surface area contributed by atoms with Crippen molar-refractivity contribution in [2.24, 2.45) is 5.92 Å². The standard InChI is InChI=1S/C17H22N2O4/c1-10(2)9-23-16(20)14-11(3)18-17(21)19-15(14)12-6-5-7-13(8-12)22-4/h5-8,10,15H,9H2,1-4H3,(H2,18,19,21)/t15-/m1/s1. The highest BCUT2D eigenvalue weighted by atomic mass is 16.5. The van der Waals surface area contributed by atoms with E-state index in [1.165, 1.54) is 0 Å². The van der Waals surface area contributed by atoms with Crippen LogP contribution in [0.5, 0.6) is 5.75 Å².